The highest BCUT2D eigenvalue weighted by Crippen LogP contribution is 2.29. The van der Waals surface area contributed by atoms with Crippen LogP contribution in [-0.2, 0) is 10.3 Å². The maximum atomic E-state index is 12.1. The molecule has 1 aromatic rings. The van der Waals surface area contributed by atoms with E-state index in [4.69, 9.17) is 4.74 Å². The molecule has 0 saturated heterocycles. The molecule has 0 aromatic heterocycles. The summed E-state index contributed by atoms with van der Waals surface area (Å²) in [7, 11) is 3.48. The van der Waals surface area contributed by atoms with Crippen molar-refractivity contribution in [2.45, 2.75) is 26.3 Å². The molecule has 1 rings (SSSR count). The second kappa shape index (κ2) is 8.12. The molecule has 5 heteroatoms. The monoisotopic (exact) mass is 300 g/mol. The van der Waals surface area contributed by atoms with E-state index in [0.717, 1.165) is 11.3 Å². The maximum absolute atomic E-state index is 12.1. The summed E-state index contributed by atoms with van der Waals surface area (Å²) in [6.07, 6.45) is 0. The number of carbonyl (C=O) groups is 1. The molecule has 1 atom stereocenters. The van der Waals surface area contributed by atoms with Crippen molar-refractivity contribution in [1.82, 2.24) is 10.6 Å². The van der Waals surface area contributed by atoms with Crippen LogP contribution in [0.4, 0.5) is 0 Å². The van der Waals surface area contributed by atoms with Crippen molar-refractivity contribution in [3.05, 3.63) is 29.8 Å². The summed E-state index contributed by atoms with van der Waals surface area (Å²) in [4.78, 5) is 12.1. The molecule has 1 amide bonds. The molecule has 0 heterocycles. The van der Waals surface area contributed by atoms with Crippen LogP contribution in [0.2, 0.25) is 0 Å². The number of halogens is 1. The Balaban J connectivity index is 0.00000361. The molecule has 0 fully saturated rings. The lowest BCUT2D eigenvalue weighted by molar-refractivity contribution is -0.126. The van der Waals surface area contributed by atoms with Gasteiger partial charge in [-0.15, -0.1) is 12.4 Å². The van der Waals surface area contributed by atoms with E-state index in [-0.39, 0.29) is 24.2 Å². The van der Waals surface area contributed by atoms with Crippen LogP contribution in [-0.4, -0.2) is 26.6 Å². The zero-order chi connectivity index (χ0) is 14.5. The fourth-order valence-corrected chi connectivity index (χ4v) is 2.06. The average molecular weight is 301 g/mol. The molecular formula is C15H25ClN2O2. The number of para-hydroxylation sites is 1. The first-order valence-corrected chi connectivity index (χ1v) is 6.52. The van der Waals surface area contributed by atoms with E-state index in [9.17, 15) is 4.79 Å². The summed E-state index contributed by atoms with van der Waals surface area (Å²) < 4.78 is 5.36. The van der Waals surface area contributed by atoms with E-state index >= 15 is 0 Å². The van der Waals surface area contributed by atoms with Gasteiger partial charge in [-0.1, -0.05) is 25.1 Å². The number of nitrogens with one attached hydrogen (secondary N) is 2. The molecule has 0 aliphatic rings. The fourth-order valence-electron chi connectivity index (χ4n) is 2.06. The van der Waals surface area contributed by atoms with E-state index in [2.05, 4.69) is 10.6 Å². The van der Waals surface area contributed by atoms with Crippen LogP contribution in [0.15, 0.2) is 24.3 Å². The Morgan fingerprint density at radius 3 is 2.50 bits per heavy atom. The van der Waals surface area contributed by atoms with Crippen molar-refractivity contribution in [3.8, 4) is 5.75 Å². The van der Waals surface area contributed by atoms with Crippen LogP contribution >= 0.6 is 12.4 Å². The molecule has 1 unspecified atom stereocenters. The Morgan fingerprint density at radius 1 is 1.35 bits per heavy atom. The van der Waals surface area contributed by atoms with Gasteiger partial charge in [0.25, 0.3) is 0 Å². The summed E-state index contributed by atoms with van der Waals surface area (Å²) >= 11 is 0. The lowest BCUT2D eigenvalue weighted by atomic mass is 9.92. The molecule has 20 heavy (non-hydrogen) atoms. The van der Waals surface area contributed by atoms with E-state index < -0.39 is 5.54 Å². The molecule has 0 bridgehead atoms. The number of ether oxygens (including phenoxy) is 1. The lowest BCUT2D eigenvalue weighted by Crippen LogP contribution is -2.45. The van der Waals surface area contributed by atoms with Gasteiger partial charge < -0.3 is 15.4 Å². The van der Waals surface area contributed by atoms with Crippen molar-refractivity contribution in [3.63, 3.8) is 0 Å². The second-order valence-corrected chi connectivity index (χ2v) is 5.27. The smallest absolute Gasteiger partial charge is 0.224 e. The van der Waals surface area contributed by atoms with E-state index in [1.165, 1.54) is 0 Å². The predicted molar refractivity (Wildman–Crippen MR) is 84.5 cm³/mol. The van der Waals surface area contributed by atoms with Gasteiger partial charge >= 0.3 is 0 Å². The SMILES string of the molecule is CNCC(C)C(=O)NC(C)(C)c1ccccc1OC.Cl. The minimum absolute atomic E-state index is 0. The first-order valence-electron chi connectivity index (χ1n) is 6.52. The summed E-state index contributed by atoms with van der Waals surface area (Å²) in [6.45, 7) is 6.53. The van der Waals surface area contributed by atoms with Gasteiger partial charge in [-0.3, -0.25) is 4.79 Å². The highest BCUT2D eigenvalue weighted by atomic mass is 35.5. The summed E-state index contributed by atoms with van der Waals surface area (Å²) in [5, 5.41) is 6.08. The van der Waals surface area contributed by atoms with Gasteiger partial charge in [-0.25, -0.2) is 0 Å². The van der Waals surface area contributed by atoms with Gasteiger partial charge in [0.15, 0.2) is 0 Å². The zero-order valence-electron chi connectivity index (χ0n) is 12.8. The summed E-state index contributed by atoms with van der Waals surface area (Å²) in [5.74, 6) is 0.748. The number of carbonyl (C=O) groups excluding carboxylic acids is 1. The van der Waals surface area contributed by atoms with E-state index in [0.29, 0.717) is 6.54 Å². The van der Waals surface area contributed by atoms with Gasteiger partial charge in [0.1, 0.15) is 5.75 Å². The molecule has 114 valence electrons. The average Bonchev–Trinajstić information content (AvgIpc) is 2.38. The Morgan fingerprint density at radius 2 is 1.95 bits per heavy atom. The van der Waals surface area contributed by atoms with Crippen LogP contribution in [0.1, 0.15) is 26.3 Å². The van der Waals surface area contributed by atoms with Gasteiger partial charge in [0, 0.05) is 18.0 Å². The van der Waals surface area contributed by atoms with Gasteiger partial charge in [-0.05, 0) is 27.0 Å². The van der Waals surface area contributed by atoms with Crippen LogP contribution in [0.5, 0.6) is 5.75 Å². The normalized spacial score (nSPS) is 12.2. The topological polar surface area (TPSA) is 50.4 Å². The molecule has 0 aliphatic heterocycles. The first-order chi connectivity index (χ1) is 8.92. The van der Waals surface area contributed by atoms with Crippen LogP contribution in [0.3, 0.4) is 0 Å². The third kappa shape index (κ3) is 4.69. The van der Waals surface area contributed by atoms with Crippen LogP contribution in [0, 0.1) is 5.92 Å². The highest BCUT2D eigenvalue weighted by Gasteiger charge is 2.27. The molecule has 0 spiro atoms. The van der Waals surface area contributed by atoms with E-state index in [1.807, 2.05) is 52.1 Å². The molecular weight excluding hydrogens is 276 g/mol. The van der Waals surface area contributed by atoms with Gasteiger partial charge in [0.2, 0.25) is 5.91 Å². The Kier molecular flexibility index (Phi) is 7.61. The molecule has 0 saturated carbocycles. The zero-order valence-corrected chi connectivity index (χ0v) is 13.6. The third-order valence-electron chi connectivity index (χ3n) is 3.17. The highest BCUT2D eigenvalue weighted by molar-refractivity contribution is 5.85. The maximum Gasteiger partial charge on any atom is 0.224 e. The number of amides is 1. The summed E-state index contributed by atoms with van der Waals surface area (Å²) in [6, 6.07) is 7.74. The molecule has 1 aromatic carbocycles. The second-order valence-electron chi connectivity index (χ2n) is 5.27. The quantitative estimate of drug-likeness (QED) is 0.848. The largest absolute Gasteiger partial charge is 0.496 e. The van der Waals surface area contributed by atoms with Crippen LogP contribution in [0.25, 0.3) is 0 Å². The van der Waals surface area contributed by atoms with Crippen molar-refractivity contribution in [1.29, 1.82) is 0 Å². The molecule has 0 aliphatic carbocycles. The van der Waals surface area contributed by atoms with Crippen molar-refractivity contribution >= 4 is 18.3 Å². The molecule has 0 radical (unpaired) electrons. The minimum atomic E-state index is -0.467. The third-order valence-corrected chi connectivity index (χ3v) is 3.17. The Labute approximate surface area is 127 Å². The molecule has 4 nitrogen and oxygen atoms in total. The van der Waals surface area contributed by atoms with Gasteiger partial charge in [-0.2, -0.15) is 0 Å². The van der Waals surface area contributed by atoms with Crippen LogP contribution < -0.4 is 15.4 Å². The standard InChI is InChI=1S/C15H24N2O2.ClH/c1-11(10-16-4)14(18)17-15(2,3)12-8-6-7-9-13(12)19-5;/h6-9,11,16H,10H2,1-5H3,(H,17,18);1H. The summed E-state index contributed by atoms with van der Waals surface area (Å²) in [5.41, 5.74) is 0.508. The number of rotatable bonds is 6. The first kappa shape index (κ1) is 18.7. The minimum Gasteiger partial charge on any atom is -0.496 e. The number of hydrogen-bond donors (Lipinski definition) is 2. The number of methoxy groups -OCH3 is 1. The Bertz CT molecular complexity index is 436. The lowest BCUT2D eigenvalue weighted by Gasteiger charge is -2.29. The predicted octanol–water partition coefficient (Wildman–Crippen LogP) is 2.32. The Hall–Kier alpha value is -1.26. The van der Waals surface area contributed by atoms with E-state index in [1.54, 1.807) is 7.11 Å². The fraction of sp³-hybridized carbons (Fsp3) is 0.533. The van der Waals surface area contributed by atoms with Gasteiger partial charge in [0.05, 0.1) is 12.6 Å². The van der Waals surface area contributed by atoms with Crippen molar-refractivity contribution in [2.24, 2.45) is 5.92 Å². The van der Waals surface area contributed by atoms with Crippen molar-refractivity contribution in [2.75, 3.05) is 20.7 Å². The molecule has 2 N–H and O–H groups in total. The number of benzene rings is 1. The van der Waals surface area contributed by atoms with Crippen molar-refractivity contribution < 1.29 is 9.53 Å². The number of hydrogen-bond acceptors (Lipinski definition) is 3.